The van der Waals surface area contributed by atoms with Crippen LogP contribution in [0.2, 0.25) is 0 Å². The fourth-order valence-electron chi connectivity index (χ4n) is 3.32. The van der Waals surface area contributed by atoms with Crippen molar-refractivity contribution in [1.29, 1.82) is 0 Å². The number of methoxy groups -OCH3 is 1. The van der Waals surface area contributed by atoms with Crippen molar-refractivity contribution in [2.24, 2.45) is 5.92 Å². The van der Waals surface area contributed by atoms with Crippen LogP contribution in [0, 0.1) is 17.6 Å². The summed E-state index contributed by atoms with van der Waals surface area (Å²) in [7, 11) is 3.17. The molecule has 2 rings (SSSR count). The lowest BCUT2D eigenvalue weighted by atomic mass is 9.84. The van der Waals surface area contributed by atoms with Gasteiger partial charge in [0, 0.05) is 23.7 Å². The van der Waals surface area contributed by atoms with Gasteiger partial charge in [0.2, 0.25) is 0 Å². The first-order valence-electron chi connectivity index (χ1n) is 7.86. The van der Waals surface area contributed by atoms with E-state index >= 15 is 0 Å². The molecule has 2 nitrogen and oxygen atoms in total. The highest BCUT2D eigenvalue weighted by Crippen LogP contribution is 2.32. The summed E-state index contributed by atoms with van der Waals surface area (Å²) in [6.07, 6.45) is 8.21. The van der Waals surface area contributed by atoms with Gasteiger partial charge >= 0.3 is 0 Å². The zero-order valence-electron chi connectivity index (χ0n) is 12.9. The van der Waals surface area contributed by atoms with E-state index < -0.39 is 11.6 Å². The van der Waals surface area contributed by atoms with Gasteiger partial charge in [0.1, 0.15) is 17.4 Å². The molecule has 0 aromatic heterocycles. The Bertz CT molecular complexity index is 435. The minimum Gasteiger partial charge on any atom is -0.497 e. The third-order valence-corrected chi connectivity index (χ3v) is 4.57. The highest BCUT2D eigenvalue weighted by atomic mass is 19.1. The van der Waals surface area contributed by atoms with Crippen LogP contribution in [0.3, 0.4) is 0 Å². The fourth-order valence-corrected chi connectivity index (χ4v) is 3.32. The van der Waals surface area contributed by atoms with E-state index in [9.17, 15) is 8.78 Å². The topological polar surface area (TPSA) is 21.3 Å². The standard InChI is InChI=1S/C17H25F2NO/c1-20-16(9-8-12-6-4-3-5-7-12)17-14(18)10-13(21-2)11-15(17)19/h10-12,16,20H,3-9H2,1-2H3. The summed E-state index contributed by atoms with van der Waals surface area (Å²) in [5, 5.41) is 3.06. The van der Waals surface area contributed by atoms with Crippen molar-refractivity contribution in [2.75, 3.05) is 14.2 Å². The van der Waals surface area contributed by atoms with Crippen molar-refractivity contribution >= 4 is 0 Å². The number of rotatable bonds is 6. The summed E-state index contributed by atoms with van der Waals surface area (Å²) in [6.45, 7) is 0. The first-order valence-corrected chi connectivity index (χ1v) is 7.86. The van der Waals surface area contributed by atoms with E-state index in [1.165, 1.54) is 51.3 Å². The number of nitrogens with one attached hydrogen (secondary N) is 1. The van der Waals surface area contributed by atoms with Crippen molar-refractivity contribution in [3.8, 4) is 5.75 Å². The minimum absolute atomic E-state index is 0.133. The first kappa shape index (κ1) is 16.2. The molecule has 1 aromatic rings. The minimum atomic E-state index is -0.533. The largest absolute Gasteiger partial charge is 0.497 e. The van der Waals surface area contributed by atoms with Gasteiger partial charge in [0.25, 0.3) is 0 Å². The molecule has 0 spiro atoms. The number of ether oxygens (including phenoxy) is 1. The average molecular weight is 297 g/mol. The molecule has 1 fully saturated rings. The molecule has 21 heavy (non-hydrogen) atoms. The summed E-state index contributed by atoms with van der Waals surface area (Å²) < 4.78 is 33.2. The van der Waals surface area contributed by atoms with Crippen molar-refractivity contribution in [3.05, 3.63) is 29.3 Å². The predicted molar refractivity (Wildman–Crippen MR) is 80.5 cm³/mol. The Kier molecular flexibility index (Phi) is 5.97. The van der Waals surface area contributed by atoms with Crippen molar-refractivity contribution in [3.63, 3.8) is 0 Å². The lowest BCUT2D eigenvalue weighted by molar-refractivity contribution is 0.313. The molecule has 0 aliphatic heterocycles. The third-order valence-electron chi connectivity index (χ3n) is 4.57. The summed E-state index contributed by atoms with van der Waals surface area (Å²) in [6, 6.07) is 2.23. The van der Waals surface area contributed by atoms with Gasteiger partial charge in [0.15, 0.2) is 0 Å². The van der Waals surface area contributed by atoms with Gasteiger partial charge in [-0.15, -0.1) is 0 Å². The molecular weight excluding hydrogens is 272 g/mol. The molecule has 0 bridgehead atoms. The maximum atomic E-state index is 14.1. The van der Waals surface area contributed by atoms with E-state index in [1.807, 2.05) is 0 Å². The van der Waals surface area contributed by atoms with Gasteiger partial charge in [-0.05, 0) is 25.8 Å². The van der Waals surface area contributed by atoms with Crippen molar-refractivity contribution in [2.45, 2.75) is 51.0 Å². The Labute approximate surface area is 125 Å². The van der Waals surface area contributed by atoms with E-state index in [1.54, 1.807) is 7.05 Å². The van der Waals surface area contributed by atoms with Gasteiger partial charge in [-0.3, -0.25) is 0 Å². The van der Waals surface area contributed by atoms with Crippen LogP contribution in [0.15, 0.2) is 12.1 Å². The quantitative estimate of drug-likeness (QED) is 0.829. The molecule has 1 saturated carbocycles. The van der Waals surface area contributed by atoms with Crippen LogP contribution in [0.1, 0.15) is 56.6 Å². The van der Waals surface area contributed by atoms with Crippen LogP contribution in [-0.2, 0) is 0 Å². The molecule has 1 aliphatic rings. The summed E-state index contributed by atoms with van der Waals surface area (Å²) >= 11 is 0. The summed E-state index contributed by atoms with van der Waals surface area (Å²) in [4.78, 5) is 0. The zero-order valence-corrected chi connectivity index (χ0v) is 12.9. The second-order valence-corrected chi connectivity index (χ2v) is 5.93. The number of hydrogen-bond donors (Lipinski definition) is 1. The molecule has 0 saturated heterocycles. The van der Waals surface area contributed by atoms with Crippen LogP contribution in [0.5, 0.6) is 5.75 Å². The highest BCUT2D eigenvalue weighted by molar-refractivity contribution is 5.32. The Morgan fingerprint density at radius 3 is 2.33 bits per heavy atom. The molecule has 0 amide bonds. The maximum absolute atomic E-state index is 14.1. The predicted octanol–water partition coefficient (Wildman–Crippen LogP) is 4.59. The normalized spacial score (nSPS) is 17.7. The van der Waals surface area contributed by atoms with Gasteiger partial charge in [-0.1, -0.05) is 32.1 Å². The lowest BCUT2D eigenvalue weighted by Crippen LogP contribution is -2.21. The van der Waals surface area contributed by atoms with E-state index in [0.717, 1.165) is 12.8 Å². The van der Waals surface area contributed by atoms with E-state index in [-0.39, 0.29) is 17.4 Å². The van der Waals surface area contributed by atoms with E-state index in [0.29, 0.717) is 5.92 Å². The zero-order chi connectivity index (χ0) is 15.2. The van der Waals surface area contributed by atoms with Crippen LogP contribution in [0.25, 0.3) is 0 Å². The molecule has 4 heteroatoms. The Balaban J connectivity index is 2.06. The molecule has 1 atom stereocenters. The van der Waals surface area contributed by atoms with Gasteiger partial charge < -0.3 is 10.1 Å². The second-order valence-electron chi connectivity index (χ2n) is 5.93. The fraction of sp³-hybridized carbons (Fsp3) is 0.647. The Hall–Kier alpha value is -1.16. The SMILES string of the molecule is CNC(CCC1CCCCC1)c1c(F)cc(OC)cc1F. The molecule has 1 aliphatic carbocycles. The van der Waals surface area contributed by atoms with Crippen LogP contribution < -0.4 is 10.1 Å². The summed E-state index contributed by atoms with van der Waals surface area (Å²) in [5.74, 6) is -0.139. The Morgan fingerprint density at radius 2 is 1.81 bits per heavy atom. The molecule has 0 heterocycles. The maximum Gasteiger partial charge on any atom is 0.134 e. The number of benzene rings is 1. The first-order chi connectivity index (χ1) is 10.2. The van der Waals surface area contributed by atoms with E-state index in [4.69, 9.17) is 4.74 Å². The van der Waals surface area contributed by atoms with Crippen molar-refractivity contribution < 1.29 is 13.5 Å². The smallest absolute Gasteiger partial charge is 0.134 e. The van der Waals surface area contributed by atoms with Gasteiger partial charge in [-0.25, -0.2) is 8.78 Å². The molecule has 0 radical (unpaired) electrons. The second kappa shape index (κ2) is 7.74. The highest BCUT2D eigenvalue weighted by Gasteiger charge is 2.22. The summed E-state index contributed by atoms with van der Waals surface area (Å²) in [5.41, 5.74) is 0.133. The molecule has 1 aromatic carbocycles. The molecule has 118 valence electrons. The molecular formula is C17H25F2NO. The molecule has 1 N–H and O–H groups in total. The molecule has 1 unspecified atom stereocenters. The van der Waals surface area contributed by atoms with E-state index in [2.05, 4.69) is 5.32 Å². The van der Waals surface area contributed by atoms with Gasteiger partial charge in [-0.2, -0.15) is 0 Å². The van der Waals surface area contributed by atoms with Crippen LogP contribution >= 0.6 is 0 Å². The van der Waals surface area contributed by atoms with Crippen LogP contribution in [-0.4, -0.2) is 14.2 Å². The van der Waals surface area contributed by atoms with Gasteiger partial charge in [0.05, 0.1) is 7.11 Å². The number of halogens is 2. The van der Waals surface area contributed by atoms with Crippen molar-refractivity contribution in [1.82, 2.24) is 5.32 Å². The lowest BCUT2D eigenvalue weighted by Gasteiger charge is -2.25. The monoisotopic (exact) mass is 297 g/mol. The Morgan fingerprint density at radius 1 is 1.19 bits per heavy atom. The number of hydrogen-bond acceptors (Lipinski definition) is 2. The third kappa shape index (κ3) is 4.16. The average Bonchev–Trinajstić information content (AvgIpc) is 2.50. The van der Waals surface area contributed by atoms with Crippen LogP contribution in [0.4, 0.5) is 8.78 Å².